The molecule has 26 heavy (non-hydrogen) atoms. The second kappa shape index (κ2) is 7.04. The van der Waals surface area contributed by atoms with E-state index in [-0.39, 0.29) is 5.91 Å². The van der Waals surface area contributed by atoms with Crippen LogP contribution in [0.1, 0.15) is 45.5 Å². The van der Waals surface area contributed by atoms with E-state index in [9.17, 15) is 4.79 Å². The van der Waals surface area contributed by atoms with Gasteiger partial charge < -0.3 is 0 Å². The van der Waals surface area contributed by atoms with Crippen molar-refractivity contribution in [2.75, 3.05) is 5.32 Å². The first-order chi connectivity index (χ1) is 12.6. The zero-order valence-electron chi connectivity index (χ0n) is 15.1. The topological polar surface area (TPSA) is 42.0 Å². The second-order valence-electron chi connectivity index (χ2n) is 7.00. The highest BCUT2D eigenvalue weighted by Crippen LogP contribution is 2.30. The summed E-state index contributed by atoms with van der Waals surface area (Å²) in [5.41, 5.74) is 7.81. The first kappa shape index (κ1) is 17.0. The fourth-order valence-corrected chi connectivity index (χ4v) is 4.30. The summed E-state index contributed by atoms with van der Waals surface area (Å²) in [6, 6.07) is 12.5. The third-order valence-electron chi connectivity index (χ3n) is 5.00. The molecule has 0 saturated carbocycles. The monoisotopic (exact) mass is 362 g/mol. The molecule has 0 atom stereocenters. The maximum absolute atomic E-state index is 12.5. The number of aryl methyl sites for hydroxylation is 4. The summed E-state index contributed by atoms with van der Waals surface area (Å²) < 4.78 is 0. The van der Waals surface area contributed by atoms with E-state index in [1.165, 1.54) is 41.7 Å². The third-order valence-corrected chi connectivity index (χ3v) is 5.75. The van der Waals surface area contributed by atoms with Crippen molar-refractivity contribution in [1.82, 2.24) is 4.98 Å². The molecule has 4 rings (SSSR count). The van der Waals surface area contributed by atoms with E-state index in [2.05, 4.69) is 28.5 Å². The van der Waals surface area contributed by atoms with Crippen molar-refractivity contribution in [3.05, 3.63) is 69.6 Å². The highest BCUT2D eigenvalue weighted by atomic mass is 32.1. The van der Waals surface area contributed by atoms with Crippen LogP contribution in [-0.4, -0.2) is 10.9 Å². The lowest BCUT2D eigenvalue weighted by Gasteiger charge is -2.16. The Morgan fingerprint density at radius 2 is 1.85 bits per heavy atom. The molecule has 0 spiro atoms. The normalized spacial score (nSPS) is 13.3. The van der Waals surface area contributed by atoms with E-state index in [1.54, 1.807) is 0 Å². The fourth-order valence-electron chi connectivity index (χ4n) is 3.59. The summed E-state index contributed by atoms with van der Waals surface area (Å²) in [7, 11) is 0. The zero-order chi connectivity index (χ0) is 18.1. The Labute approximate surface area is 158 Å². The summed E-state index contributed by atoms with van der Waals surface area (Å²) in [5, 5.41) is 5.60. The number of aromatic nitrogens is 1. The molecule has 0 bridgehead atoms. The van der Waals surface area contributed by atoms with Gasteiger partial charge in [-0.15, -0.1) is 11.3 Å². The predicted molar refractivity (Wildman–Crippen MR) is 108 cm³/mol. The Kier molecular flexibility index (Phi) is 4.60. The van der Waals surface area contributed by atoms with E-state index in [0.717, 1.165) is 28.8 Å². The van der Waals surface area contributed by atoms with Crippen LogP contribution in [0, 0.1) is 13.8 Å². The standard InChI is InChI=1S/C22H22N2OS/c1-14-7-10-19(15(2)11-14)21(25)24-22-23-20(13-26-22)18-9-8-16-5-3-4-6-17(16)12-18/h7-13H,3-6H2,1-2H3,(H,23,24,25). The molecule has 1 amide bonds. The van der Waals surface area contributed by atoms with Crippen LogP contribution in [0.4, 0.5) is 5.13 Å². The van der Waals surface area contributed by atoms with Crippen molar-refractivity contribution >= 4 is 22.4 Å². The number of carbonyl (C=O) groups is 1. The number of nitrogens with one attached hydrogen (secondary N) is 1. The molecule has 1 aliphatic rings. The SMILES string of the molecule is Cc1ccc(C(=O)Nc2nc(-c3ccc4c(c3)CCCC4)cs2)c(C)c1. The number of nitrogens with zero attached hydrogens (tertiary/aromatic N) is 1. The third kappa shape index (κ3) is 3.42. The van der Waals surface area contributed by atoms with Crippen LogP contribution in [-0.2, 0) is 12.8 Å². The number of benzene rings is 2. The summed E-state index contributed by atoms with van der Waals surface area (Å²) in [6.45, 7) is 3.99. The molecule has 0 unspecified atom stereocenters. The fraction of sp³-hybridized carbons (Fsp3) is 0.273. The minimum absolute atomic E-state index is 0.103. The Balaban J connectivity index is 1.54. The summed E-state index contributed by atoms with van der Waals surface area (Å²) in [6.07, 6.45) is 4.90. The van der Waals surface area contributed by atoms with E-state index in [0.29, 0.717) is 10.7 Å². The lowest BCUT2D eigenvalue weighted by Crippen LogP contribution is -2.13. The van der Waals surface area contributed by atoms with Gasteiger partial charge in [0.15, 0.2) is 5.13 Å². The quantitative estimate of drug-likeness (QED) is 0.663. The van der Waals surface area contributed by atoms with Crippen LogP contribution >= 0.6 is 11.3 Å². The molecule has 1 N–H and O–H groups in total. The number of anilines is 1. The van der Waals surface area contributed by atoms with Gasteiger partial charge in [-0.05, 0) is 68.4 Å². The maximum atomic E-state index is 12.5. The first-order valence-electron chi connectivity index (χ1n) is 9.06. The van der Waals surface area contributed by atoms with Crippen LogP contribution in [0.3, 0.4) is 0 Å². The predicted octanol–water partition coefficient (Wildman–Crippen LogP) is 5.56. The van der Waals surface area contributed by atoms with Gasteiger partial charge in [0.1, 0.15) is 0 Å². The Bertz CT molecular complexity index is 974. The second-order valence-corrected chi connectivity index (χ2v) is 7.86. The van der Waals surface area contributed by atoms with Gasteiger partial charge in [-0.2, -0.15) is 0 Å². The van der Waals surface area contributed by atoms with E-state index >= 15 is 0 Å². The van der Waals surface area contributed by atoms with Crippen LogP contribution in [0.2, 0.25) is 0 Å². The number of carbonyl (C=O) groups excluding carboxylic acids is 1. The Hall–Kier alpha value is -2.46. The molecule has 1 aromatic heterocycles. The van der Waals surface area contributed by atoms with Gasteiger partial charge in [-0.3, -0.25) is 10.1 Å². The van der Waals surface area contributed by atoms with Crippen molar-refractivity contribution < 1.29 is 4.79 Å². The van der Waals surface area contributed by atoms with Crippen molar-refractivity contribution in [2.45, 2.75) is 39.5 Å². The number of fused-ring (bicyclic) bond motifs is 1. The van der Waals surface area contributed by atoms with Crippen molar-refractivity contribution in [3.8, 4) is 11.3 Å². The molecule has 3 nitrogen and oxygen atoms in total. The molecule has 1 aliphatic carbocycles. The van der Waals surface area contributed by atoms with Crippen molar-refractivity contribution in [2.24, 2.45) is 0 Å². The number of hydrogen-bond acceptors (Lipinski definition) is 3. The Morgan fingerprint density at radius 3 is 2.65 bits per heavy atom. The van der Waals surface area contributed by atoms with Crippen LogP contribution in [0.15, 0.2) is 41.8 Å². The van der Waals surface area contributed by atoms with Crippen molar-refractivity contribution in [3.63, 3.8) is 0 Å². The van der Waals surface area contributed by atoms with Gasteiger partial charge in [0.2, 0.25) is 0 Å². The maximum Gasteiger partial charge on any atom is 0.257 e. The van der Waals surface area contributed by atoms with Gasteiger partial charge >= 0.3 is 0 Å². The van der Waals surface area contributed by atoms with Crippen LogP contribution < -0.4 is 5.32 Å². The molecule has 0 radical (unpaired) electrons. The number of hydrogen-bond donors (Lipinski definition) is 1. The molecule has 0 saturated heterocycles. The van der Waals surface area contributed by atoms with Gasteiger partial charge in [0, 0.05) is 16.5 Å². The van der Waals surface area contributed by atoms with Crippen LogP contribution in [0.25, 0.3) is 11.3 Å². The summed E-state index contributed by atoms with van der Waals surface area (Å²) in [4.78, 5) is 17.2. The molecule has 2 aromatic carbocycles. The molecular weight excluding hydrogens is 340 g/mol. The van der Waals surface area contributed by atoms with Crippen LogP contribution in [0.5, 0.6) is 0 Å². The molecule has 132 valence electrons. The Morgan fingerprint density at radius 1 is 1.04 bits per heavy atom. The average molecular weight is 362 g/mol. The van der Waals surface area contributed by atoms with Gasteiger partial charge in [0.05, 0.1) is 5.69 Å². The zero-order valence-corrected chi connectivity index (χ0v) is 16.0. The van der Waals surface area contributed by atoms with E-state index < -0.39 is 0 Å². The lowest BCUT2D eigenvalue weighted by atomic mass is 9.90. The number of amides is 1. The van der Waals surface area contributed by atoms with E-state index in [1.807, 2.05) is 37.4 Å². The average Bonchev–Trinajstić information content (AvgIpc) is 3.09. The summed E-state index contributed by atoms with van der Waals surface area (Å²) >= 11 is 1.47. The van der Waals surface area contributed by atoms with E-state index in [4.69, 9.17) is 0 Å². The molecular formula is C22H22N2OS. The van der Waals surface area contributed by atoms with Gasteiger partial charge in [-0.25, -0.2) is 4.98 Å². The smallest absolute Gasteiger partial charge is 0.257 e. The highest BCUT2D eigenvalue weighted by molar-refractivity contribution is 7.14. The molecule has 3 aromatic rings. The van der Waals surface area contributed by atoms with Crippen molar-refractivity contribution in [1.29, 1.82) is 0 Å². The minimum Gasteiger partial charge on any atom is -0.298 e. The molecule has 0 fully saturated rings. The number of rotatable bonds is 3. The number of thiazole rings is 1. The highest BCUT2D eigenvalue weighted by Gasteiger charge is 2.14. The largest absolute Gasteiger partial charge is 0.298 e. The molecule has 4 heteroatoms. The summed E-state index contributed by atoms with van der Waals surface area (Å²) in [5.74, 6) is -0.103. The lowest BCUT2D eigenvalue weighted by molar-refractivity contribution is 0.102. The molecule has 0 aliphatic heterocycles. The minimum atomic E-state index is -0.103. The van der Waals surface area contributed by atoms with Gasteiger partial charge in [0.25, 0.3) is 5.91 Å². The van der Waals surface area contributed by atoms with Gasteiger partial charge in [-0.1, -0.05) is 29.8 Å². The first-order valence-corrected chi connectivity index (χ1v) is 9.94. The molecule has 1 heterocycles.